The minimum atomic E-state index is -3.54. The molecule has 0 saturated carbocycles. The standard InChI is InChI=1S/C13H17N3O3S/c1-10(14-2)11-3-5-13(6-4-11)20(17,18)16-9-12-7-8-15-19-12/h3-8,10,14,16H,9H2,1-2H3. The van der Waals surface area contributed by atoms with Gasteiger partial charge in [-0.2, -0.15) is 0 Å². The largest absolute Gasteiger partial charge is 0.360 e. The third-order valence-electron chi connectivity index (χ3n) is 3.05. The van der Waals surface area contributed by atoms with Crippen molar-refractivity contribution >= 4 is 10.0 Å². The Morgan fingerprint density at radius 3 is 2.50 bits per heavy atom. The van der Waals surface area contributed by atoms with Gasteiger partial charge in [-0.25, -0.2) is 13.1 Å². The molecule has 1 heterocycles. The Morgan fingerprint density at radius 1 is 1.25 bits per heavy atom. The van der Waals surface area contributed by atoms with Gasteiger partial charge in [0.2, 0.25) is 10.0 Å². The Bertz CT molecular complexity index is 636. The molecule has 0 spiro atoms. The van der Waals surface area contributed by atoms with E-state index in [-0.39, 0.29) is 17.5 Å². The number of sulfonamides is 1. The van der Waals surface area contributed by atoms with Crippen LogP contribution in [0.25, 0.3) is 0 Å². The number of aromatic nitrogens is 1. The van der Waals surface area contributed by atoms with Crippen LogP contribution in [0.15, 0.2) is 45.9 Å². The first-order valence-electron chi connectivity index (χ1n) is 6.19. The first kappa shape index (κ1) is 14.7. The van der Waals surface area contributed by atoms with Gasteiger partial charge in [0.05, 0.1) is 17.6 Å². The van der Waals surface area contributed by atoms with Crippen LogP contribution in [0.2, 0.25) is 0 Å². The zero-order chi connectivity index (χ0) is 14.6. The number of nitrogens with zero attached hydrogens (tertiary/aromatic N) is 1. The average molecular weight is 295 g/mol. The molecule has 0 saturated heterocycles. The predicted molar refractivity (Wildman–Crippen MR) is 74.4 cm³/mol. The quantitative estimate of drug-likeness (QED) is 0.842. The lowest BCUT2D eigenvalue weighted by Gasteiger charge is -2.11. The van der Waals surface area contributed by atoms with Gasteiger partial charge in [-0.3, -0.25) is 0 Å². The maximum absolute atomic E-state index is 12.1. The Balaban J connectivity index is 2.09. The van der Waals surface area contributed by atoms with Crippen LogP contribution in [0, 0.1) is 0 Å². The summed E-state index contributed by atoms with van der Waals surface area (Å²) in [6, 6.07) is 8.56. The minimum Gasteiger partial charge on any atom is -0.360 e. The molecule has 2 aromatic rings. The summed E-state index contributed by atoms with van der Waals surface area (Å²) in [5.74, 6) is 0.467. The van der Waals surface area contributed by atoms with Crippen molar-refractivity contribution in [2.75, 3.05) is 7.05 Å². The summed E-state index contributed by atoms with van der Waals surface area (Å²) in [7, 11) is -1.69. The lowest BCUT2D eigenvalue weighted by atomic mass is 10.1. The summed E-state index contributed by atoms with van der Waals surface area (Å²) >= 11 is 0. The maximum Gasteiger partial charge on any atom is 0.240 e. The Labute approximate surface area is 118 Å². The van der Waals surface area contributed by atoms with Crippen LogP contribution in [-0.2, 0) is 16.6 Å². The van der Waals surface area contributed by atoms with E-state index in [0.29, 0.717) is 5.76 Å². The van der Waals surface area contributed by atoms with E-state index < -0.39 is 10.0 Å². The normalized spacial score (nSPS) is 13.3. The van der Waals surface area contributed by atoms with Gasteiger partial charge in [0.25, 0.3) is 0 Å². The molecule has 1 unspecified atom stereocenters. The Kier molecular flexibility index (Phi) is 4.53. The minimum absolute atomic E-state index is 0.0804. The van der Waals surface area contributed by atoms with Crippen molar-refractivity contribution in [3.8, 4) is 0 Å². The van der Waals surface area contributed by atoms with Crippen molar-refractivity contribution in [1.82, 2.24) is 15.2 Å². The number of benzene rings is 1. The predicted octanol–water partition coefficient (Wildman–Crippen LogP) is 1.43. The van der Waals surface area contributed by atoms with E-state index in [2.05, 4.69) is 15.2 Å². The van der Waals surface area contributed by atoms with Gasteiger partial charge >= 0.3 is 0 Å². The van der Waals surface area contributed by atoms with E-state index in [4.69, 9.17) is 4.52 Å². The molecule has 108 valence electrons. The number of hydrogen-bond acceptors (Lipinski definition) is 5. The highest BCUT2D eigenvalue weighted by Crippen LogP contribution is 2.16. The van der Waals surface area contributed by atoms with E-state index in [1.54, 1.807) is 30.3 Å². The van der Waals surface area contributed by atoms with Crippen LogP contribution in [0.3, 0.4) is 0 Å². The van der Waals surface area contributed by atoms with E-state index in [0.717, 1.165) is 5.56 Å². The van der Waals surface area contributed by atoms with Crippen LogP contribution < -0.4 is 10.0 Å². The molecule has 0 aliphatic heterocycles. The second-order valence-electron chi connectivity index (χ2n) is 4.38. The highest BCUT2D eigenvalue weighted by molar-refractivity contribution is 7.89. The van der Waals surface area contributed by atoms with Crippen LogP contribution in [0.4, 0.5) is 0 Å². The van der Waals surface area contributed by atoms with Crippen molar-refractivity contribution in [1.29, 1.82) is 0 Å². The fraction of sp³-hybridized carbons (Fsp3) is 0.308. The van der Waals surface area contributed by atoms with Crippen molar-refractivity contribution in [3.05, 3.63) is 47.9 Å². The van der Waals surface area contributed by atoms with Crippen LogP contribution in [0.1, 0.15) is 24.3 Å². The SMILES string of the molecule is CNC(C)c1ccc(S(=O)(=O)NCc2ccno2)cc1. The second kappa shape index (κ2) is 6.17. The summed E-state index contributed by atoms with van der Waals surface area (Å²) < 4.78 is 31.5. The molecular weight excluding hydrogens is 278 g/mol. The van der Waals surface area contributed by atoms with Gasteiger partial charge < -0.3 is 9.84 Å². The van der Waals surface area contributed by atoms with Gasteiger partial charge in [0, 0.05) is 12.1 Å². The van der Waals surface area contributed by atoms with E-state index in [1.165, 1.54) is 6.20 Å². The summed E-state index contributed by atoms with van der Waals surface area (Å²) in [5.41, 5.74) is 1.03. The lowest BCUT2D eigenvalue weighted by Crippen LogP contribution is -2.23. The maximum atomic E-state index is 12.1. The van der Waals surface area contributed by atoms with Crippen LogP contribution >= 0.6 is 0 Å². The van der Waals surface area contributed by atoms with E-state index >= 15 is 0 Å². The zero-order valence-electron chi connectivity index (χ0n) is 11.3. The monoisotopic (exact) mass is 295 g/mol. The molecule has 0 amide bonds. The smallest absolute Gasteiger partial charge is 0.240 e. The van der Waals surface area contributed by atoms with Crippen molar-refractivity contribution in [2.45, 2.75) is 24.4 Å². The van der Waals surface area contributed by atoms with Gasteiger partial charge in [-0.15, -0.1) is 0 Å². The second-order valence-corrected chi connectivity index (χ2v) is 6.15. The van der Waals surface area contributed by atoms with Crippen LogP contribution in [0.5, 0.6) is 0 Å². The summed E-state index contributed by atoms with van der Waals surface area (Å²) in [6.07, 6.45) is 1.47. The molecule has 2 N–H and O–H groups in total. The molecule has 1 aromatic carbocycles. The molecule has 1 atom stereocenters. The van der Waals surface area contributed by atoms with Gasteiger partial charge in [-0.1, -0.05) is 17.3 Å². The highest BCUT2D eigenvalue weighted by Gasteiger charge is 2.15. The molecule has 0 radical (unpaired) electrons. The van der Waals surface area contributed by atoms with Gasteiger partial charge in [-0.05, 0) is 31.7 Å². The Morgan fingerprint density at radius 2 is 1.95 bits per heavy atom. The average Bonchev–Trinajstić information content (AvgIpc) is 2.98. The van der Waals surface area contributed by atoms with Crippen molar-refractivity contribution in [3.63, 3.8) is 0 Å². The summed E-state index contributed by atoms with van der Waals surface area (Å²) in [6.45, 7) is 2.09. The molecule has 1 aromatic heterocycles. The van der Waals surface area contributed by atoms with E-state index in [9.17, 15) is 8.42 Å². The first-order valence-corrected chi connectivity index (χ1v) is 7.67. The molecule has 20 heavy (non-hydrogen) atoms. The molecule has 6 nitrogen and oxygen atoms in total. The number of nitrogens with one attached hydrogen (secondary N) is 2. The van der Waals surface area contributed by atoms with Gasteiger partial charge in [0.15, 0.2) is 5.76 Å². The summed E-state index contributed by atoms with van der Waals surface area (Å²) in [5, 5.41) is 6.62. The molecule has 2 rings (SSSR count). The topological polar surface area (TPSA) is 84.2 Å². The fourth-order valence-electron chi connectivity index (χ4n) is 1.69. The fourth-order valence-corrected chi connectivity index (χ4v) is 2.68. The van der Waals surface area contributed by atoms with Crippen molar-refractivity contribution < 1.29 is 12.9 Å². The summed E-state index contributed by atoms with van der Waals surface area (Å²) in [4.78, 5) is 0.226. The molecule has 0 bridgehead atoms. The lowest BCUT2D eigenvalue weighted by molar-refractivity contribution is 0.380. The van der Waals surface area contributed by atoms with Crippen LogP contribution in [-0.4, -0.2) is 20.6 Å². The highest BCUT2D eigenvalue weighted by atomic mass is 32.2. The first-order chi connectivity index (χ1) is 9.53. The molecule has 7 heteroatoms. The third kappa shape index (κ3) is 3.44. The number of hydrogen-bond donors (Lipinski definition) is 2. The van der Waals surface area contributed by atoms with Crippen molar-refractivity contribution in [2.24, 2.45) is 0 Å². The Hall–Kier alpha value is -1.70. The zero-order valence-corrected chi connectivity index (χ0v) is 12.1. The molecule has 0 aliphatic rings. The van der Waals surface area contributed by atoms with Gasteiger partial charge in [0.1, 0.15) is 0 Å². The number of rotatable bonds is 6. The molecular formula is C13H17N3O3S. The molecule has 0 aliphatic carbocycles. The molecule has 0 fully saturated rings. The third-order valence-corrected chi connectivity index (χ3v) is 4.47. The van der Waals surface area contributed by atoms with E-state index in [1.807, 2.05) is 14.0 Å².